The number of nitrogens with one attached hydrogen (secondary N) is 1. The van der Waals surface area contributed by atoms with Crippen molar-refractivity contribution in [2.45, 2.75) is 17.9 Å². The van der Waals surface area contributed by atoms with E-state index in [0.717, 1.165) is 5.56 Å². The zero-order valence-electron chi connectivity index (χ0n) is 13.6. The van der Waals surface area contributed by atoms with E-state index in [1.807, 2.05) is 30.3 Å². The Morgan fingerprint density at radius 1 is 1.12 bits per heavy atom. The van der Waals surface area contributed by atoms with Crippen molar-refractivity contribution < 1.29 is 22.7 Å². The SMILES string of the molecule is CNS(=O)(=O)c1cc(C(=O)O[C@H](C)c2ccccc2)ccc1OC. The monoisotopic (exact) mass is 349 g/mol. The number of sulfonamides is 1. The minimum Gasteiger partial charge on any atom is -0.495 e. The average molecular weight is 349 g/mol. The Hall–Kier alpha value is -2.38. The van der Waals surface area contributed by atoms with Gasteiger partial charge in [-0.2, -0.15) is 0 Å². The molecule has 0 aliphatic heterocycles. The number of carbonyl (C=O) groups excluding carboxylic acids is 1. The van der Waals surface area contributed by atoms with E-state index in [9.17, 15) is 13.2 Å². The van der Waals surface area contributed by atoms with Crippen LogP contribution in [0.4, 0.5) is 0 Å². The standard InChI is InChI=1S/C17H19NO5S/c1-12(13-7-5-4-6-8-13)23-17(19)14-9-10-15(22-3)16(11-14)24(20,21)18-2/h4-12,18H,1-3H3/t12-/m1/s1. The van der Waals surface area contributed by atoms with Gasteiger partial charge in [0.2, 0.25) is 10.0 Å². The number of hydrogen-bond donors (Lipinski definition) is 1. The van der Waals surface area contributed by atoms with E-state index in [2.05, 4.69) is 4.72 Å². The van der Waals surface area contributed by atoms with Crippen LogP contribution in [0.1, 0.15) is 28.9 Å². The fraction of sp³-hybridized carbons (Fsp3) is 0.235. The van der Waals surface area contributed by atoms with Gasteiger partial charge in [-0.05, 0) is 37.7 Å². The van der Waals surface area contributed by atoms with Crippen molar-refractivity contribution in [2.24, 2.45) is 0 Å². The second-order valence-electron chi connectivity index (χ2n) is 5.03. The second-order valence-corrected chi connectivity index (χ2v) is 6.89. The maximum atomic E-state index is 12.3. The summed E-state index contributed by atoms with van der Waals surface area (Å²) in [7, 11) is -1.11. The van der Waals surface area contributed by atoms with Crippen LogP contribution >= 0.6 is 0 Å². The number of methoxy groups -OCH3 is 1. The zero-order valence-corrected chi connectivity index (χ0v) is 14.5. The lowest BCUT2D eigenvalue weighted by Crippen LogP contribution is -2.20. The molecule has 0 unspecified atom stereocenters. The fourth-order valence-corrected chi connectivity index (χ4v) is 3.06. The number of carbonyl (C=O) groups is 1. The topological polar surface area (TPSA) is 81.7 Å². The summed E-state index contributed by atoms with van der Waals surface area (Å²) in [4.78, 5) is 12.2. The van der Waals surface area contributed by atoms with Crippen molar-refractivity contribution >= 4 is 16.0 Å². The summed E-state index contributed by atoms with van der Waals surface area (Å²) in [6.07, 6.45) is -0.454. The quantitative estimate of drug-likeness (QED) is 0.811. The molecule has 0 fully saturated rings. The van der Waals surface area contributed by atoms with E-state index in [-0.39, 0.29) is 16.2 Å². The van der Waals surface area contributed by atoms with Gasteiger partial charge in [0.25, 0.3) is 0 Å². The van der Waals surface area contributed by atoms with E-state index in [1.54, 1.807) is 6.92 Å². The van der Waals surface area contributed by atoms with Gasteiger partial charge >= 0.3 is 5.97 Å². The van der Waals surface area contributed by atoms with Gasteiger partial charge in [-0.1, -0.05) is 30.3 Å². The number of rotatable bonds is 6. The first-order valence-corrected chi connectivity index (χ1v) is 8.75. The Balaban J connectivity index is 2.29. The number of esters is 1. The predicted octanol–water partition coefficient (Wildman–Crippen LogP) is 2.52. The summed E-state index contributed by atoms with van der Waals surface area (Å²) in [5.41, 5.74) is 0.981. The second kappa shape index (κ2) is 7.46. The van der Waals surface area contributed by atoms with Crippen LogP contribution in [0.3, 0.4) is 0 Å². The maximum Gasteiger partial charge on any atom is 0.338 e. The van der Waals surface area contributed by atoms with Crippen LogP contribution < -0.4 is 9.46 Å². The van der Waals surface area contributed by atoms with Gasteiger partial charge in [-0.15, -0.1) is 0 Å². The Kier molecular flexibility index (Phi) is 5.58. The third kappa shape index (κ3) is 3.93. The zero-order chi connectivity index (χ0) is 17.7. The summed E-state index contributed by atoms with van der Waals surface area (Å²) in [6.45, 7) is 1.75. The van der Waals surface area contributed by atoms with E-state index in [4.69, 9.17) is 9.47 Å². The summed E-state index contributed by atoms with van der Waals surface area (Å²) in [6, 6.07) is 13.4. The molecule has 0 bridgehead atoms. The third-order valence-corrected chi connectivity index (χ3v) is 4.95. The van der Waals surface area contributed by atoms with Gasteiger partial charge in [0, 0.05) is 0 Å². The molecular formula is C17H19NO5S. The van der Waals surface area contributed by atoms with Crippen LogP contribution in [0.5, 0.6) is 5.75 Å². The molecule has 6 nitrogen and oxygen atoms in total. The van der Waals surface area contributed by atoms with Crippen LogP contribution in [0.2, 0.25) is 0 Å². The summed E-state index contributed by atoms with van der Waals surface area (Å²) in [5.74, 6) is -0.460. The van der Waals surface area contributed by atoms with Gasteiger partial charge in [-0.3, -0.25) is 0 Å². The van der Waals surface area contributed by atoms with Crippen LogP contribution in [0.25, 0.3) is 0 Å². The van der Waals surface area contributed by atoms with Gasteiger partial charge in [0.05, 0.1) is 12.7 Å². The number of ether oxygens (including phenoxy) is 2. The minimum atomic E-state index is -3.76. The molecule has 0 saturated heterocycles. The van der Waals surface area contributed by atoms with Gasteiger partial charge in [0.15, 0.2) is 0 Å². The number of hydrogen-bond acceptors (Lipinski definition) is 5. The molecule has 2 aromatic carbocycles. The van der Waals surface area contributed by atoms with E-state index >= 15 is 0 Å². The molecule has 0 amide bonds. The Morgan fingerprint density at radius 2 is 1.79 bits per heavy atom. The molecule has 7 heteroatoms. The molecule has 0 radical (unpaired) electrons. The maximum absolute atomic E-state index is 12.3. The van der Waals surface area contributed by atoms with Gasteiger partial charge in [0.1, 0.15) is 16.7 Å². The Labute approximate surface area is 141 Å². The van der Waals surface area contributed by atoms with Crippen molar-refractivity contribution in [3.63, 3.8) is 0 Å². The first-order chi connectivity index (χ1) is 11.4. The van der Waals surface area contributed by atoms with Crippen molar-refractivity contribution in [3.8, 4) is 5.75 Å². The van der Waals surface area contributed by atoms with E-state index in [0.29, 0.717) is 0 Å². The van der Waals surface area contributed by atoms with E-state index < -0.39 is 22.1 Å². The number of benzene rings is 2. The molecule has 1 N–H and O–H groups in total. The largest absolute Gasteiger partial charge is 0.495 e. The lowest BCUT2D eigenvalue weighted by Gasteiger charge is -2.15. The molecule has 128 valence electrons. The Bertz CT molecular complexity index is 818. The van der Waals surface area contributed by atoms with Crippen molar-refractivity contribution in [2.75, 3.05) is 14.2 Å². The highest BCUT2D eigenvalue weighted by atomic mass is 32.2. The normalized spacial score (nSPS) is 12.5. The predicted molar refractivity (Wildman–Crippen MR) is 89.5 cm³/mol. The average Bonchev–Trinajstić information content (AvgIpc) is 2.61. The highest BCUT2D eigenvalue weighted by molar-refractivity contribution is 7.89. The molecule has 0 aliphatic rings. The summed E-state index contributed by atoms with van der Waals surface area (Å²) >= 11 is 0. The molecule has 0 saturated carbocycles. The molecular weight excluding hydrogens is 330 g/mol. The molecule has 0 aromatic heterocycles. The van der Waals surface area contributed by atoms with Crippen LogP contribution in [-0.4, -0.2) is 28.5 Å². The lowest BCUT2D eigenvalue weighted by molar-refractivity contribution is 0.0337. The third-order valence-electron chi connectivity index (χ3n) is 3.51. The van der Waals surface area contributed by atoms with Crippen LogP contribution in [-0.2, 0) is 14.8 Å². The molecule has 2 rings (SSSR count). The first-order valence-electron chi connectivity index (χ1n) is 7.26. The van der Waals surface area contributed by atoms with Gasteiger partial charge < -0.3 is 9.47 Å². The fourth-order valence-electron chi connectivity index (χ4n) is 2.14. The smallest absolute Gasteiger partial charge is 0.338 e. The van der Waals surface area contributed by atoms with E-state index in [1.165, 1.54) is 32.4 Å². The molecule has 1 atom stereocenters. The highest BCUT2D eigenvalue weighted by Gasteiger charge is 2.21. The first kappa shape index (κ1) is 18.0. The van der Waals surface area contributed by atoms with Crippen molar-refractivity contribution in [3.05, 3.63) is 59.7 Å². The molecule has 24 heavy (non-hydrogen) atoms. The molecule has 0 spiro atoms. The molecule has 0 aliphatic carbocycles. The lowest BCUT2D eigenvalue weighted by atomic mass is 10.1. The molecule has 0 heterocycles. The Morgan fingerprint density at radius 3 is 2.38 bits per heavy atom. The minimum absolute atomic E-state index is 0.116. The van der Waals surface area contributed by atoms with Gasteiger partial charge in [-0.25, -0.2) is 17.9 Å². The van der Waals surface area contributed by atoms with Crippen molar-refractivity contribution in [1.29, 1.82) is 0 Å². The van der Waals surface area contributed by atoms with Crippen molar-refractivity contribution in [1.82, 2.24) is 4.72 Å². The van der Waals surface area contributed by atoms with Crippen LogP contribution in [0.15, 0.2) is 53.4 Å². The summed E-state index contributed by atoms with van der Waals surface area (Å²) in [5, 5.41) is 0. The summed E-state index contributed by atoms with van der Waals surface area (Å²) < 4.78 is 36.8. The molecule has 2 aromatic rings. The van der Waals surface area contributed by atoms with Crippen LogP contribution in [0, 0.1) is 0 Å². The highest BCUT2D eigenvalue weighted by Crippen LogP contribution is 2.26.